The number of nitrogens with two attached hydrogens (primary N) is 1. The van der Waals surface area contributed by atoms with E-state index in [2.05, 4.69) is 21.2 Å². The number of amides is 1. The van der Waals surface area contributed by atoms with Crippen molar-refractivity contribution in [2.45, 2.75) is 31.7 Å². The number of carbonyl (C=O) groups excluding carboxylic acids is 1. The lowest BCUT2D eigenvalue weighted by atomic mass is 10.2. The second-order valence-electron chi connectivity index (χ2n) is 4.53. The molecule has 0 atom stereocenters. The Labute approximate surface area is 115 Å². The zero-order chi connectivity index (χ0) is 13.0. The number of ether oxygens (including phenoxy) is 1. The van der Waals surface area contributed by atoms with Crippen molar-refractivity contribution in [2.24, 2.45) is 0 Å². The molecule has 0 saturated heterocycles. The maximum Gasteiger partial charge on any atom is 0.258 e. The van der Waals surface area contributed by atoms with E-state index in [0.717, 1.165) is 17.3 Å². The maximum absolute atomic E-state index is 11.7. The van der Waals surface area contributed by atoms with E-state index in [9.17, 15) is 4.79 Å². The number of anilines is 1. The fraction of sp³-hybridized carbons (Fsp3) is 0.462. The Morgan fingerprint density at radius 1 is 1.44 bits per heavy atom. The van der Waals surface area contributed by atoms with Crippen LogP contribution in [-0.2, 0) is 4.79 Å². The van der Waals surface area contributed by atoms with E-state index in [0.29, 0.717) is 17.5 Å². The van der Waals surface area contributed by atoms with Crippen LogP contribution in [0.2, 0.25) is 0 Å². The molecular weight excluding hydrogens is 296 g/mol. The van der Waals surface area contributed by atoms with Crippen LogP contribution < -0.4 is 15.8 Å². The van der Waals surface area contributed by atoms with Gasteiger partial charge in [0.15, 0.2) is 6.61 Å². The zero-order valence-corrected chi connectivity index (χ0v) is 11.7. The molecular formula is C13H17BrN2O2. The van der Waals surface area contributed by atoms with Crippen molar-refractivity contribution in [1.82, 2.24) is 5.32 Å². The van der Waals surface area contributed by atoms with Gasteiger partial charge in [-0.1, -0.05) is 12.8 Å². The first-order valence-corrected chi connectivity index (χ1v) is 6.91. The molecule has 1 fully saturated rings. The first kappa shape index (κ1) is 13.2. The van der Waals surface area contributed by atoms with Gasteiger partial charge in [-0.15, -0.1) is 0 Å². The number of nitrogens with one attached hydrogen (secondary N) is 1. The minimum atomic E-state index is -0.0729. The van der Waals surface area contributed by atoms with Crippen molar-refractivity contribution in [1.29, 1.82) is 0 Å². The predicted octanol–water partition coefficient (Wildman–Crippen LogP) is 2.47. The van der Waals surface area contributed by atoms with Crippen LogP contribution in [0.5, 0.6) is 5.75 Å². The second kappa shape index (κ2) is 6.09. The number of rotatable bonds is 4. The summed E-state index contributed by atoms with van der Waals surface area (Å²) in [6, 6.07) is 5.60. The first-order valence-electron chi connectivity index (χ1n) is 6.12. The van der Waals surface area contributed by atoms with Crippen molar-refractivity contribution in [3.8, 4) is 5.75 Å². The van der Waals surface area contributed by atoms with Crippen LogP contribution in [0.3, 0.4) is 0 Å². The molecule has 1 aliphatic carbocycles. The summed E-state index contributed by atoms with van der Waals surface area (Å²) in [6.07, 6.45) is 4.56. The Balaban J connectivity index is 1.83. The largest absolute Gasteiger partial charge is 0.483 e. The Morgan fingerprint density at radius 3 is 2.89 bits per heavy atom. The quantitative estimate of drug-likeness (QED) is 0.839. The number of halogens is 1. The standard InChI is InChI=1S/C13H17BrN2O2/c14-11-6-5-9(15)7-12(11)18-8-13(17)16-10-3-1-2-4-10/h5-7,10H,1-4,8,15H2,(H,16,17). The van der Waals surface area contributed by atoms with Crippen molar-refractivity contribution in [3.63, 3.8) is 0 Å². The smallest absolute Gasteiger partial charge is 0.258 e. The first-order chi connectivity index (χ1) is 8.65. The Bertz CT molecular complexity index is 431. The predicted molar refractivity (Wildman–Crippen MR) is 74.4 cm³/mol. The molecule has 18 heavy (non-hydrogen) atoms. The van der Waals surface area contributed by atoms with E-state index in [1.165, 1.54) is 12.8 Å². The SMILES string of the molecule is Nc1ccc(Br)c(OCC(=O)NC2CCCC2)c1. The van der Waals surface area contributed by atoms with Gasteiger partial charge in [0.2, 0.25) is 0 Å². The maximum atomic E-state index is 11.7. The Morgan fingerprint density at radius 2 is 2.17 bits per heavy atom. The van der Waals surface area contributed by atoms with Gasteiger partial charge in [0, 0.05) is 17.8 Å². The third-order valence-corrected chi connectivity index (χ3v) is 3.69. The average molecular weight is 313 g/mol. The topological polar surface area (TPSA) is 64.3 Å². The van der Waals surface area contributed by atoms with E-state index in [1.807, 2.05) is 0 Å². The molecule has 0 heterocycles. The molecule has 0 spiro atoms. The molecule has 0 unspecified atom stereocenters. The molecule has 2 rings (SSSR count). The van der Waals surface area contributed by atoms with Crippen LogP contribution in [0.4, 0.5) is 5.69 Å². The highest BCUT2D eigenvalue weighted by Crippen LogP contribution is 2.26. The number of hydrogen-bond donors (Lipinski definition) is 2. The molecule has 1 aromatic rings. The van der Waals surface area contributed by atoms with Gasteiger partial charge in [-0.25, -0.2) is 0 Å². The lowest BCUT2D eigenvalue weighted by molar-refractivity contribution is -0.123. The lowest BCUT2D eigenvalue weighted by Crippen LogP contribution is -2.36. The molecule has 1 amide bonds. The molecule has 4 nitrogen and oxygen atoms in total. The third-order valence-electron chi connectivity index (χ3n) is 3.03. The minimum absolute atomic E-state index is 0.0263. The number of nitrogen functional groups attached to an aromatic ring is 1. The highest BCUT2D eigenvalue weighted by Gasteiger charge is 2.17. The molecule has 0 bridgehead atoms. The number of benzene rings is 1. The summed E-state index contributed by atoms with van der Waals surface area (Å²) in [6.45, 7) is 0.0263. The summed E-state index contributed by atoms with van der Waals surface area (Å²) < 4.78 is 6.25. The van der Waals surface area contributed by atoms with Gasteiger partial charge in [0.25, 0.3) is 5.91 Å². The molecule has 0 radical (unpaired) electrons. The minimum Gasteiger partial charge on any atom is -0.483 e. The van der Waals surface area contributed by atoms with Crippen LogP contribution in [0.1, 0.15) is 25.7 Å². The molecule has 1 saturated carbocycles. The van der Waals surface area contributed by atoms with Gasteiger partial charge < -0.3 is 15.8 Å². The highest BCUT2D eigenvalue weighted by atomic mass is 79.9. The molecule has 1 aliphatic rings. The molecule has 3 N–H and O–H groups in total. The fourth-order valence-electron chi connectivity index (χ4n) is 2.11. The second-order valence-corrected chi connectivity index (χ2v) is 5.38. The van der Waals surface area contributed by atoms with E-state index in [-0.39, 0.29) is 12.5 Å². The average Bonchev–Trinajstić information content (AvgIpc) is 2.83. The van der Waals surface area contributed by atoms with Gasteiger partial charge in [0.1, 0.15) is 5.75 Å². The summed E-state index contributed by atoms with van der Waals surface area (Å²) in [4.78, 5) is 11.7. The van der Waals surface area contributed by atoms with Crippen molar-refractivity contribution >= 4 is 27.5 Å². The highest BCUT2D eigenvalue weighted by molar-refractivity contribution is 9.10. The van der Waals surface area contributed by atoms with Gasteiger partial charge >= 0.3 is 0 Å². The van der Waals surface area contributed by atoms with E-state index in [1.54, 1.807) is 18.2 Å². The lowest BCUT2D eigenvalue weighted by Gasteiger charge is -2.13. The monoisotopic (exact) mass is 312 g/mol. The number of hydrogen-bond acceptors (Lipinski definition) is 3. The van der Waals surface area contributed by atoms with Crippen molar-refractivity contribution < 1.29 is 9.53 Å². The van der Waals surface area contributed by atoms with Crippen LogP contribution in [-0.4, -0.2) is 18.6 Å². The van der Waals surface area contributed by atoms with E-state index < -0.39 is 0 Å². The van der Waals surface area contributed by atoms with Crippen LogP contribution in [0.15, 0.2) is 22.7 Å². The summed E-state index contributed by atoms with van der Waals surface area (Å²) in [7, 11) is 0. The molecule has 5 heteroatoms. The third kappa shape index (κ3) is 3.63. The zero-order valence-electron chi connectivity index (χ0n) is 10.1. The summed E-state index contributed by atoms with van der Waals surface area (Å²) >= 11 is 3.36. The molecule has 98 valence electrons. The van der Waals surface area contributed by atoms with Crippen molar-refractivity contribution in [2.75, 3.05) is 12.3 Å². The molecule has 0 aromatic heterocycles. The fourth-order valence-corrected chi connectivity index (χ4v) is 2.47. The van der Waals surface area contributed by atoms with Crippen LogP contribution in [0.25, 0.3) is 0 Å². The van der Waals surface area contributed by atoms with Gasteiger partial charge in [-0.2, -0.15) is 0 Å². The van der Waals surface area contributed by atoms with Crippen LogP contribution >= 0.6 is 15.9 Å². The Kier molecular flexibility index (Phi) is 4.47. The van der Waals surface area contributed by atoms with Gasteiger partial charge in [-0.05, 0) is 40.9 Å². The normalized spacial score (nSPS) is 15.6. The van der Waals surface area contributed by atoms with Crippen molar-refractivity contribution in [3.05, 3.63) is 22.7 Å². The van der Waals surface area contributed by atoms with E-state index in [4.69, 9.17) is 10.5 Å². The Hall–Kier alpha value is -1.23. The summed E-state index contributed by atoms with van der Waals surface area (Å²) in [5.74, 6) is 0.521. The molecule has 0 aliphatic heterocycles. The van der Waals surface area contributed by atoms with Gasteiger partial charge in [0.05, 0.1) is 4.47 Å². The molecule has 1 aromatic carbocycles. The van der Waals surface area contributed by atoms with E-state index >= 15 is 0 Å². The summed E-state index contributed by atoms with van der Waals surface area (Å²) in [5.41, 5.74) is 6.28. The van der Waals surface area contributed by atoms with Crippen LogP contribution in [0, 0.1) is 0 Å². The van der Waals surface area contributed by atoms with Gasteiger partial charge in [-0.3, -0.25) is 4.79 Å². The summed E-state index contributed by atoms with van der Waals surface area (Å²) in [5, 5.41) is 2.97. The number of carbonyl (C=O) groups is 1.